The van der Waals surface area contributed by atoms with Crippen LogP contribution in [-0.2, 0) is 10.2 Å². The second-order valence-electron chi connectivity index (χ2n) is 6.58. The topological polar surface area (TPSA) is 66.4 Å². The first-order valence-electron chi connectivity index (χ1n) is 7.23. The Labute approximate surface area is 126 Å². The molecule has 4 heteroatoms. The van der Waals surface area contributed by atoms with Crippen LogP contribution < -0.4 is 5.32 Å². The molecule has 0 bridgehead atoms. The second-order valence-corrected chi connectivity index (χ2v) is 6.58. The van der Waals surface area contributed by atoms with E-state index in [9.17, 15) is 9.59 Å². The summed E-state index contributed by atoms with van der Waals surface area (Å²) in [5.74, 6) is -1.27. The molecule has 0 aliphatic rings. The van der Waals surface area contributed by atoms with Gasteiger partial charge in [-0.15, -0.1) is 0 Å². The average Bonchev–Trinajstić information content (AvgIpc) is 2.44. The largest absolute Gasteiger partial charge is 0.396 e. The van der Waals surface area contributed by atoms with Gasteiger partial charge in [0.05, 0.1) is 0 Å². The van der Waals surface area contributed by atoms with Crippen molar-refractivity contribution >= 4 is 11.7 Å². The molecule has 4 nitrogen and oxygen atoms in total. The monoisotopic (exact) mass is 291 g/mol. The molecule has 0 radical (unpaired) electrons. The van der Waals surface area contributed by atoms with Crippen LogP contribution in [0.1, 0.15) is 50.5 Å². The summed E-state index contributed by atoms with van der Waals surface area (Å²) >= 11 is 0. The van der Waals surface area contributed by atoms with Gasteiger partial charge in [-0.1, -0.05) is 52.0 Å². The van der Waals surface area contributed by atoms with Crippen molar-refractivity contribution in [1.82, 2.24) is 5.32 Å². The summed E-state index contributed by atoms with van der Waals surface area (Å²) in [6.45, 7) is 9.83. The fourth-order valence-electron chi connectivity index (χ4n) is 1.83. The Bertz CT molecular complexity index is 500. The number of benzene rings is 1. The molecule has 0 heterocycles. The molecule has 2 N–H and O–H groups in total. The van der Waals surface area contributed by atoms with E-state index in [4.69, 9.17) is 5.11 Å². The summed E-state index contributed by atoms with van der Waals surface area (Å²) in [5, 5.41) is 11.7. The lowest BCUT2D eigenvalue weighted by molar-refractivity contribution is -0.117. The summed E-state index contributed by atoms with van der Waals surface area (Å²) in [6.07, 6.45) is 0. The van der Waals surface area contributed by atoms with Crippen LogP contribution in [0.3, 0.4) is 0 Å². The van der Waals surface area contributed by atoms with E-state index in [-0.39, 0.29) is 24.0 Å². The van der Waals surface area contributed by atoms with Crippen LogP contribution >= 0.6 is 0 Å². The molecular formula is C17H25NO3. The lowest BCUT2D eigenvalue weighted by atomic mass is 9.86. The van der Waals surface area contributed by atoms with Crippen LogP contribution in [0.25, 0.3) is 0 Å². The molecule has 2 unspecified atom stereocenters. The fourth-order valence-corrected chi connectivity index (χ4v) is 1.83. The van der Waals surface area contributed by atoms with Crippen molar-refractivity contribution in [2.45, 2.75) is 46.1 Å². The van der Waals surface area contributed by atoms with E-state index in [0.29, 0.717) is 5.56 Å². The number of nitrogens with one attached hydrogen (secondary N) is 1. The highest BCUT2D eigenvalue weighted by molar-refractivity contribution is 6.42. The Morgan fingerprint density at radius 1 is 1.14 bits per heavy atom. The SMILES string of the molecule is CC(CO)C(C)NC(=O)C(=O)c1ccc(C(C)(C)C)cc1. The number of rotatable bonds is 5. The zero-order valence-corrected chi connectivity index (χ0v) is 13.4. The molecule has 0 fully saturated rings. The smallest absolute Gasteiger partial charge is 0.292 e. The number of hydrogen-bond acceptors (Lipinski definition) is 3. The Balaban J connectivity index is 2.77. The maximum absolute atomic E-state index is 12.1. The average molecular weight is 291 g/mol. The number of amides is 1. The summed E-state index contributed by atoms with van der Waals surface area (Å²) in [7, 11) is 0. The van der Waals surface area contributed by atoms with Crippen LogP contribution in [0.4, 0.5) is 0 Å². The third kappa shape index (κ3) is 4.67. The van der Waals surface area contributed by atoms with Gasteiger partial charge in [-0.3, -0.25) is 9.59 Å². The number of hydrogen-bond donors (Lipinski definition) is 2. The maximum Gasteiger partial charge on any atom is 0.292 e. The molecule has 0 aromatic heterocycles. The Kier molecular flexibility index (Phi) is 5.67. The summed E-state index contributed by atoms with van der Waals surface area (Å²) < 4.78 is 0. The minimum absolute atomic E-state index is 0.00884. The van der Waals surface area contributed by atoms with Crippen LogP contribution in [-0.4, -0.2) is 29.4 Å². The molecule has 1 amide bonds. The van der Waals surface area contributed by atoms with Gasteiger partial charge in [0.25, 0.3) is 5.91 Å². The Hall–Kier alpha value is -1.68. The number of aliphatic hydroxyl groups excluding tert-OH is 1. The molecule has 116 valence electrons. The summed E-state index contributed by atoms with van der Waals surface area (Å²) in [6, 6.07) is 6.87. The number of carbonyl (C=O) groups is 2. The molecule has 0 saturated carbocycles. The van der Waals surface area contributed by atoms with E-state index in [1.165, 1.54) is 0 Å². The highest BCUT2D eigenvalue weighted by atomic mass is 16.3. The number of carbonyl (C=O) groups excluding carboxylic acids is 2. The zero-order chi connectivity index (χ0) is 16.2. The summed E-state index contributed by atoms with van der Waals surface area (Å²) in [4.78, 5) is 24.0. The minimum atomic E-state index is -0.633. The Morgan fingerprint density at radius 3 is 2.10 bits per heavy atom. The van der Waals surface area contributed by atoms with Crippen LogP contribution in [0.15, 0.2) is 24.3 Å². The van der Waals surface area contributed by atoms with Gasteiger partial charge < -0.3 is 10.4 Å². The minimum Gasteiger partial charge on any atom is -0.396 e. The van der Waals surface area contributed by atoms with Crippen LogP contribution in [0.2, 0.25) is 0 Å². The highest BCUT2D eigenvalue weighted by Crippen LogP contribution is 2.22. The molecule has 0 aliphatic heterocycles. The first-order chi connectivity index (χ1) is 9.66. The van der Waals surface area contributed by atoms with Gasteiger partial charge in [0.15, 0.2) is 0 Å². The molecule has 2 atom stereocenters. The number of ketones is 1. The second kappa shape index (κ2) is 6.85. The number of Topliss-reactive ketones (excluding diaryl/α,β-unsaturated/α-hetero) is 1. The van der Waals surface area contributed by atoms with E-state index in [0.717, 1.165) is 5.56 Å². The van der Waals surface area contributed by atoms with Gasteiger partial charge in [0.1, 0.15) is 0 Å². The van der Waals surface area contributed by atoms with Gasteiger partial charge in [-0.2, -0.15) is 0 Å². The molecule has 0 aliphatic carbocycles. The van der Waals surface area contributed by atoms with Crippen molar-refractivity contribution in [3.05, 3.63) is 35.4 Å². The van der Waals surface area contributed by atoms with Crippen molar-refractivity contribution in [1.29, 1.82) is 0 Å². The van der Waals surface area contributed by atoms with Gasteiger partial charge in [0.2, 0.25) is 5.78 Å². The first kappa shape index (κ1) is 17.4. The third-order valence-electron chi connectivity index (χ3n) is 3.72. The highest BCUT2D eigenvalue weighted by Gasteiger charge is 2.21. The van der Waals surface area contributed by atoms with Gasteiger partial charge >= 0.3 is 0 Å². The zero-order valence-electron chi connectivity index (χ0n) is 13.4. The quantitative estimate of drug-likeness (QED) is 0.646. The van der Waals surface area contributed by atoms with E-state index < -0.39 is 11.7 Å². The van der Waals surface area contributed by atoms with E-state index in [1.807, 2.05) is 19.1 Å². The molecule has 0 saturated heterocycles. The van der Waals surface area contributed by atoms with Gasteiger partial charge in [0, 0.05) is 18.2 Å². The molecule has 1 aromatic carbocycles. The van der Waals surface area contributed by atoms with Gasteiger partial charge in [-0.05, 0) is 23.8 Å². The predicted molar refractivity (Wildman–Crippen MR) is 83.3 cm³/mol. The van der Waals surface area contributed by atoms with Gasteiger partial charge in [-0.25, -0.2) is 0 Å². The van der Waals surface area contributed by atoms with Crippen molar-refractivity contribution in [3.8, 4) is 0 Å². The fraction of sp³-hybridized carbons (Fsp3) is 0.529. The normalized spacial score (nSPS) is 14.4. The van der Waals surface area contributed by atoms with Crippen LogP contribution in [0.5, 0.6) is 0 Å². The maximum atomic E-state index is 12.1. The van der Waals surface area contributed by atoms with Crippen molar-refractivity contribution in [3.63, 3.8) is 0 Å². The lowest BCUT2D eigenvalue weighted by Gasteiger charge is -2.20. The van der Waals surface area contributed by atoms with E-state index in [1.54, 1.807) is 19.1 Å². The Morgan fingerprint density at radius 2 is 1.67 bits per heavy atom. The summed E-state index contributed by atoms with van der Waals surface area (Å²) in [5.41, 5.74) is 1.50. The number of aliphatic hydroxyl groups is 1. The standard InChI is InChI=1S/C17H25NO3/c1-11(10-19)12(2)18-16(21)15(20)13-6-8-14(9-7-13)17(3,4)5/h6-9,11-12,19H,10H2,1-5H3,(H,18,21). The predicted octanol–water partition coefficient (Wildman–Crippen LogP) is 2.30. The first-order valence-corrected chi connectivity index (χ1v) is 7.23. The van der Waals surface area contributed by atoms with Crippen molar-refractivity contribution in [2.75, 3.05) is 6.61 Å². The molecular weight excluding hydrogens is 266 g/mol. The van der Waals surface area contributed by atoms with E-state index in [2.05, 4.69) is 26.1 Å². The lowest BCUT2D eigenvalue weighted by Crippen LogP contribution is -2.41. The van der Waals surface area contributed by atoms with E-state index >= 15 is 0 Å². The molecule has 0 spiro atoms. The van der Waals surface area contributed by atoms with Crippen molar-refractivity contribution in [2.24, 2.45) is 5.92 Å². The third-order valence-corrected chi connectivity index (χ3v) is 3.72. The van der Waals surface area contributed by atoms with Crippen molar-refractivity contribution < 1.29 is 14.7 Å². The molecule has 1 aromatic rings. The van der Waals surface area contributed by atoms with Crippen LogP contribution in [0, 0.1) is 5.92 Å². The molecule has 1 rings (SSSR count). The molecule has 21 heavy (non-hydrogen) atoms.